The van der Waals surface area contributed by atoms with Gasteiger partial charge in [0.15, 0.2) is 0 Å². The molecule has 2 aromatic carbocycles. The van der Waals surface area contributed by atoms with E-state index in [0.29, 0.717) is 6.42 Å². The average molecular weight is 309 g/mol. The van der Waals surface area contributed by atoms with E-state index < -0.39 is 0 Å². The second kappa shape index (κ2) is 7.42. The molecule has 1 aliphatic heterocycles. The second-order valence-corrected chi connectivity index (χ2v) is 6.15. The molecule has 0 bridgehead atoms. The van der Waals surface area contributed by atoms with Crippen molar-refractivity contribution < 1.29 is 9.90 Å². The third-order valence-electron chi connectivity index (χ3n) is 4.62. The van der Waals surface area contributed by atoms with E-state index in [1.807, 2.05) is 53.4 Å². The van der Waals surface area contributed by atoms with E-state index in [4.69, 9.17) is 0 Å². The van der Waals surface area contributed by atoms with E-state index in [2.05, 4.69) is 12.1 Å². The molecule has 0 radical (unpaired) electrons. The van der Waals surface area contributed by atoms with Crippen LogP contribution in [0.1, 0.15) is 36.4 Å². The number of amides is 1. The highest BCUT2D eigenvalue weighted by molar-refractivity contribution is 5.78. The van der Waals surface area contributed by atoms with Crippen LogP contribution in [0.5, 0.6) is 0 Å². The number of carbonyl (C=O) groups excluding carboxylic acids is 1. The van der Waals surface area contributed by atoms with Gasteiger partial charge < -0.3 is 10.0 Å². The van der Waals surface area contributed by atoms with Crippen molar-refractivity contribution in [1.82, 2.24) is 4.90 Å². The van der Waals surface area contributed by atoms with Gasteiger partial charge in [-0.3, -0.25) is 4.79 Å². The summed E-state index contributed by atoms with van der Waals surface area (Å²) in [5.41, 5.74) is 2.24. The summed E-state index contributed by atoms with van der Waals surface area (Å²) in [5.74, 6) is 0.153. The molecule has 3 nitrogen and oxygen atoms in total. The molecule has 2 aromatic rings. The molecular formula is C20H23NO2. The molecule has 0 unspecified atom stereocenters. The lowest BCUT2D eigenvalue weighted by molar-refractivity contribution is -0.140. The highest BCUT2D eigenvalue weighted by Crippen LogP contribution is 2.31. The van der Waals surface area contributed by atoms with E-state index in [0.717, 1.165) is 24.8 Å². The first kappa shape index (κ1) is 15.8. The molecule has 0 spiro atoms. The Morgan fingerprint density at radius 3 is 2.35 bits per heavy atom. The second-order valence-electron chi connectivity index (χ2n) is 6.15. The summed E-state index contributed by atoms with van der Waals surface area (Å²) in [5, 5.41) is 9.94. The van der Waals surface area contributed by atoms with E-state index in [1.165, 1.54) is 5.56 Å². The Labute approximate surface area is 137 Å². The predicted octanol–water partition coefficient (Wildman–Crippen LogP) is 3.34. The molecule has 0 aliphatic carbocycles. The maximum Gasteiger partial charge on any atom is 0.223 e. The predicted molar refractivity (Wildman–Crippen MR) is 90.9 cm³/mol. The van der Waals surface area contributed by atoms with Gasteiger partial charge in [-0.2, -0.15) is 0 Å². The number of likely N-dealkylation sites (tertiary alicyclic amines) is 1. The van der Waals surface area contributed by atoms with Gasteiger partial charge >= 0.3 is 0 Å². The van der Waals surface area contributed by atoms with Crippen molar-refractivity contribution in [2.45, 2.75) is 37.8 Å². The number of hydrogen-bond donors (Lipinski definition) is 1. The fraction of sp³-hybridized carbons (Fsp3) is 0.350. The molecule has 23 heavy (non-hydrogen) atoms. The molecule has 0 saturated carbocycles. The summed E-state index contributed by atoms with van der Waals surface area (Å²) < 4.78 is 0. The number of rotatable bonds is 5. The normalized spacial score (nSPS) is 19.6. The van der Waals surface area contributed by atoms with Crippen LogP contribution in [0.2, 0.25) is 0 Å². The van der Waals surface area contributed by atoms with Gasteiger partial charge in [0.2, 0.25) is 5.91 Å². The van der Waals surface area contributed by atoms with Crippen LogP contribution >= 0.6 is 0 Å². The van der Waals surface area contributed by atoms with Crippen LogP contribution in [0, 0.1) is 0 Å². The Kier molecular flexibility index (Phi) is 5.09. The molecule has 1 heterocycles. The number of carbonyl (C=O) groups is 1. The van der Waals surface area contributed by atoms with Gasteiger partial charge in [-0.1, -0.05) is 60.7 Å². The van der Waals surface area contributed by atoms with Crippen molar-refractivity contribution in [3.63, 3.8) is 0 Å². The fourth-order valence-electron chi connectivity index (χ4n) is 3.50. The average Bonchev–Trinajstić information content (AvgIpc) is 2.60. The van der Waals surface area contributed by atoms with Gasteiger partial charge in [-0.15, -0.1) is 0 Å². The van der Waals surface area contributed by atoms with Crippen LogP contribution in [0.15, 0.2) is 60.7 Å². The lowest BCUT2D eigenvalue weighted by atomic mass is 9.92. The third kappa shape index (κ3) is 3.62. The van der Waals surface area contributed by atoms with E-state index in [1.54, 1.807) is 0 Å². The molecule has 1 fully saturated rings. The van der Waals surface area contributed by atoms with Crippen LogP contribution in [0.4, 0.5) is 0 Å². The summed E-state index contributed by atoms with van der Waals surface area (Å²) >= 11 is 0. The first-order valence-corrected chi connectivity index (χ1v) is 8.30. The van der Waals surface area contributed by atoms with Crippen molar-refractivity contribution in [2.75, 3.05) is 6.61 Å². The standard InChI is InChI=1S/C20H23NO2/c22-15-19(17-10-5-2-6-11-17)21-18(12-7-13-20(21)23)14-16-8-3-1-4-9-16/h1-6,8-11,18-19,22H,7,12-15H2/t18-,19+/m1/s1. The van der Waals surface area contributed by atoms with Gasteiger partial charge in [0.05, 0.1) is 12.6 Å². The van der Waals surface area contributed by atoms with Crippen molar-refractivity contribution >= 4 is 5.91 Å². The van der Waals surface area contributed by atoms with Crippen LogP contribution < -0.4 is 0 Å². The monoisotopic (exact) mass is 309 g/mol. The smallest absolute Gasteiger partial charge is 0.223 e. The van der Waals surface area contributed by atoms with Crippen LogP contribution in [0.3, 0.4) is 0 Å². The number of aliphatic hydroxyl groups is 1. The zero-order valence-corrected chi connectivity index (χ0v) is 13.3. The molecule has 3 rings (SSSR count). The zero-order valence-electron chi connectivity index (χ0n) is 13.3. The number of nitrogens with zero attached hydrogens (tertiary/aromatic N) is 1. The quantitative estimate of drug-likeness (QED) is 0.920. The number of aliphatic hydroxyl groups excluding tert-OH is 1. The number of piperidine rings is 1. The molecule has 1 saturated heterocycles. The lowest BCUT2D eigenvalue weighted by Gasteiger charge is -2.41. The topological polar surface area (TPSA) is 40.5 Å². The van der Waals surface area contributed by atoms with Crippen LogP contribution in [-0.2, 0) is 11.2 Å². The Balaban J connectivity index is 1.86. The zero-order chi connectivity index (χ0) is 16.1. The Bertz CT molecular complexity index is 627. The van der Waals surface area contributed by atoms with Gasteiger partial charge in [0.25, 0.3) is 0 Å². The van der Waals surface area contributed by atoms with E-state index >= 15 is 0 Å². The van der Waals surface area contributed by atoms with Gasteiger partial charge in [0, 0.05) is 12.5 Å². The Hall–Kier alpha value is -2.13. The minimum Gasteiger partial charge on any atom is -0.394 e. The van der Waals surface area contributed by atoms with Crippen molar-refractivity contribution in [2.24, 2.45) is 0 Å². The largest absolute Gasteiger partial charge is 0.394 e. The van der Waals surface area contributed by atoms with Crippen molar-refractivity contribution in [3.05, 3.63) is 71.8 Å². The molecule has 3 heteroatoms. The first-order valence-electron chi connectivity index (χ1n) is 8.30. The minimum atomic E-state index is -0.252. The fourth-order valence-corrected chi connectivity index (χ4v) is 3.50. The summed E-state index contributed by atoms with van der Waals surface area (Å²) in [7, 11) is 0. The van der Waals surface area contributed by atoms with Gasteiger partial charge in [0.1, 0.15) is 0 Å². The molecule has 120 valence electrons. The van der Waals surface area contributed by atoms with Crippen molar-refractivity contribution in [1.29, 1.82) is 0 Å². The highest BCUT2D eigenvalue weighted by Gasteiger charge is 2.34. The maximum absolute atomic E-state index is 12.6. The Morgan fingerprint density at radius 2 is 1.70 bits per heavy atom. The van der Waals surface area contributed by atoms with Crippen LogP contribution in [-0.4, -0.2) is 28.6 Å². The van der Waals surface area contributed by atoms with Crippen LogP contribution in [0.25, 0.3) is 0 Å². The Morgan fingerprint density at radius 1 is 1.04 bits per heavy atom. The molecule has 2 atom stereocenters. The summed E-state index contributed by atoms with van der Waals surface area (Å²) in [6.45, 7) is -0.0406. The third-order valence-corrected chi connectivity index (χ3v) is 4.62. The minimum absolute atomic E-state index is 0.0406. The summed E-state index contributed by atoms with van der Waals surface area (Å²) in [6, 6.07) is 20.0. The van der Waals surface area contributed by atoms with Gasteiger partial charge in [-0.25, -0.2) is 0 Å². The highest BCUT2D eigenvalue weighted by atomic mass is 16.3. The molecular weight excluding hydrogens is 286 g/mol. The number of benzene rings is 2. The maximum atomic E-state index is 12.6. The molecule has 1 N–H and O–H groups in total. The number of hydrogen-bond acceptors (Lipinski definition) is 2. The van der Waals surface area contributed by atoms with E-state index in [9.17, 15) is 9.90 Å². The summed E-state index contributed by atoms with van der Waals surface area (Å²) in [4.78, 5) is 14.5. The SMILES string of the molecule is O=C1CCC[C@H](Cc2ccccc2)N1[C@@H](CO)c1ccccc1. The molecule has 1 amide bonds. The molecule has 0 aromatic heterocycles. The van der Waals surface area contributed by atoms with E-state index in [-0.39, 0.29) is 24.6 Å². The lowest BCUT2D eigenvalue weighted by Crippen LogP contribution is -2.47. The first-order chi connectivity index (χ1) is 11.3. The van der Waals surface area contributed by atoms with Crippen molar-refractivity contribution in [3.8, 4) is 0 Å². The van der Waals surface area contributed by atoms with Gasteiger partial charge in [-0.05, 0) is 30.4 Å². The summed E-state index contributed by atoms with van der Waals surface area (Å²) in [6.07, 6.45) is 3.34. The molecule has 1 aliphatic rings.